The van der Waals surface area contributed by atoms with Crippen LogP contribution in [0.25, 0.3) is 6.08 Å². The summed E-state index contributed by atoms with van der Waals surface area (Å²) < 4.78 is 10.4. The average molecular weight is 430 g/mol. The number of hydrogen-bond donors (Lipinski definition) is 1. The van der Waals surface area contributed by atoms with Gasteiger partial charge in [-0.05, 0) is 42.8 Å². The number of rotatable bonds is 9. The summed E-state index contributed by atoms with van der Waals surface area (Å²) in [6, 6.07) is 10.7. The highest BCUT2D eigenvalue weighted by molar-refractivity contribution is 7.14. The molecule has 1 aromatic carbocycles. The molecule has 0 aliphatic heterocycles. The lowest BCUT2D eigenvalue weighted by Crippen LogP contribution is -2.34. The first-order chi connectivity index (χ1) is 14.2. The maximum absolute atomic E-state index is 12.2. The van der Waals surface area contributed by atoms with E-state index in [1.165, 1.54) is 17.4 Å². The second-order valence-corrected chi connectivity index (χ2v) is 8.73. The van der Waals surface area contributed by atoms with Crippen molar-refractivity contribution in [3.05, 3.63) is 57.8 Å². The third-order valence-electron chi connectivity index (χ3n) is 3.99. The van der Waals surface area contributed by atoms with Crippen molar-refractivity contribution in [2.24, 2.45) is 5.41 Å². The van der Waals surface area contributed by atoms with Crippen LogP contribution in [0.1, 0.15) is 47.8 Å². The zero-order chi connectivity index (χ0) is 22.1. The molecule has 1 N–H and O–H groups in total. The van der Waals surface area contributed by atoms with Gasteiger partial charge in [0.05, 0.1) is 18.0 Å². The lowest BCUT2D eigenvalue weighted by Gasteiger charge is -2.17. The number of hydrogen-bond acceptors (Lipinski definition) is 6. The van der Waals surface area contributed by atoms with Gasteiger partial charge in [-0.15, -0.1) is 11.3 Å². The zero-order valence-corrected chi connectivity index (χ0v) is 18.5. The van der Waals surface area contributed by atoms with Gasteiger partial charge in [-0.2, -0.15) is 0 Å². The number of thiophene rings is 1. The fourth-order valence-corrected chi connectivity index (χ4v) is 3.19. The summed E-state index contributed by atoms with van der Waals surface area (Å²) in [4.78, 5) is 37.4. The molecule has 1 amide bonds. The van der Waals surface area contributed by atoms with Crippen LogP contribution in [-0.4, -0.2) is 30.9 Å². The molecule has 0 saturated carbocycles. The highest BCUT2D eigenvalue weighted by Crippen LogP contribution is 2.19. The molecule has 0 radical (unpaired) electrons. The number of nitrogens with one attached hydrogen (secondary N) is 1. The van der Waals surface area contributed by atoms with Gasteiger partial charge in [-0.3, -0.25) is 9.59 Å². The maximum Gasteiger partial charge on any atom is 0.331 e. The highest BCUT2D eigenvalue weighted by Gasteiger charge is 2.21. The second kappa shape index (κ2) is 10.7. The van der Waals surface area contributed by atoms with E-state index >= 15 is 0 Å². The van der Waals surface area contributed by atoms with Crippen LogP contribution in [0.4, 0.5) is 0 Å². The number of esters is 1. The normalized spacial score (nSPS) is 11.3. The molecule has 0 saturated heterocycles. The van der Waals surface area contributed by atoms with Crippen LogP contribution in [0.5, 0.6) is 5.75 Å². The van der Waals surface area contributed by atoms with Crippen LogP contribution >= 0.6 is 11.3 Å². The van der Waals surface area contributed by atoms with Gasteiger partial charge < -0.3 is 14.8 Å². The van der Waals surface area contributed by atoms with Gasteiger partial charge >= 0.3 is 5.97 Å². The van der Waals surface area contributed by atoms with Gasteiger partial charge in [0.2, 0.25) is 11.7 Å². The van der Waals surface area contributed by atoms with Crippen molar-refractivity contribution in [2.75, 3.05) is 13.2 Å². The molecule has 7 heteroatoms. The van der Waals surface area contributed by atoms with Gasteiger partial charge in [0, 0.05) is 16.4 Å². The number of carbonyl (C=O) groups is 3. The summed E-state index contributed by atoms with van der Waals surface area (Å²) in [5.41, 5.74) is 0.352. The Labute approximate surface area is 180 Å². The predicted octanol–water partition coefficient (Wildman–Crippen LogP) is 4.25. The van der Waals surface area contributed by atoms with Gasteiger partial charge in [0.25, 0.3) is 0 Å². The summed E-state index contributed by atoms with van der Waals surface area (Å²) in [5.74, 6) is -0.171. The van der Waals surface area contributed by atoms with Gasteiger partial charge in [0.15, 0.2) is 6.61 Å². The van der Waals surface area contributed by atoms with E-state index in [1.54, 1.807) is 18.2 Å². The highest BCUT2D eigenvalue weighted by atomic mass is 32.1. The molecular weight excluding hydrogens is 402 g/mol. The zero-order valence-electron chi connectivity index (χ0n) is 17.7. The molecular formula is C23H27NO5S. The molecule has 0 atom stereocenters. The van der Waals surface area contributed by atoms with E-state index in [4.69, 9.17) is 9.47 Å². The fraction of sp³-hybridized carbons (Fsp3) is 0.348. The molecule has 0 bridgehead atoms. The largest absolute Gasteiger partial charge is 0.494 e. The molecule has 30 heavy (non-hydrogen) atoms. The van der Waals surface area contributed by atoms with Crippen LogP contribution in [0, 0.1) is 5.41 Å². The summed E-state index contributed by atoms with van der Waals surface area (Å²) >= 11 is 1.28. The third kappa shape index (κ3) is 7.48. The molecule has 0 aliphatic rings. The van der Waals surface area contributed by atoms with Crippen molar-refractivity contribution < 1.29 is 23.9 Å². The van der Waals surface area contributed by atoms with Crippen molar-refractivity contribution in [2.45, 2.75) is 34.2 Å². The second-order valence-electron chi connectivity index (χ2n) is 7.56. The van der Waals surface area contributed by atoms with Crippen LogP contribution in [0.3, 0.4) is 0 Å². The van der Waals surface area contributed by atoms with Crippen LogP contribution in [0.2, 0.25) is 0 Å². The number of benzene rings is 1. The first-order valence-electron chi connectivity index (χ1n) is 9.67. The molecule has 2 rings (SSSR count). The average Bonchev–Trinajstić information content (AvgIpc) is 3.18. The lowest BCUT2D eigenvalue weighted by atomic mass is 9.96. The van der Waals surface area contributed by atoms with Crippen molar-refractivity contribution in [3.63, 3.8) is 0 Å². The van der Waals surface area contributed by atoms with Crippen molar-refractivity contribution >= 4 is 35.1 Å². The predicted molar refractivity (Wildman–Crippen MR) is 118 cm³/mol. The van der Waals surface area contributed by atoms with Gasteiger partial charge in [-0.1, -0.05) is 32.9 Å². The summed E-state index contributed by atoms with van der Waals surface area (Å²) in [6.07, 6.45) is 2.90. The summed E-state index contributed by atoms with van der Waals surface area (Å²) in [7, 11) is 0. The van der Waals surface area contributed by atoms with E-state index in [-0.39, 0.29) is 18.3 Å². The van der Waals surface area contributed by atoms with Crippen LogP contribution in [-0.2, 0) is 20.9 Å². The molecule has 0 fully saturated rings. The van der Waals surface area contributed by atoms with E-state index in [1.807, 2.05) is 52.0 Å². The number of ether oxygens (including phenoxy) is 2. The van der Waals surface area contributed by atoms with Gasteiger partial charge in [-0.25, -0.2) is 4.79 Å². The third-order valence-corrected chi connectivity index (χ3v) is 5.12. The lowest BCUT2D eigenvalue weighted by molar-refractivity contribution is -0.136. The number of ketones is 1. The number of amides is 1. The SMILES string of the molecule is CCOc1ccc(/C=C/C(=O)OCC(=O)c2ccc(CNC(=O)C(C)(C)C)s2)cc1. The Bertz CT molecular complexity index is 906. The fourth-order valence-electron chi connectivity index (χ4n) is 2.32. The Balaban J connectivity index is 1.80. The Morgan fingerprint density at radius 2 is 1.77 bits per heavy atom. The first kappa shape index (κ1) is 23.3. The number of carbonyl (C=O) groups excluding carboxylic acids is 3. The van der Waals surface area contributed by atoms with E-state index < -0.39 is 11.4 Å². The Hall–Kier alpha value is -2.93. The maximum atomic E-state index is 12.2. The molecule has 1 aromatic heterocycles. The van der Waals surface area contributed by atoms with Crippen molar-refractivity contribution in [3.8, 4) is 5.75 Å². The van der Waals surface area contributed by atoms with Crippen LogP contribution < -0.4 is 10.1 Å². The Morgan fingerprint density at radius 1 is 1.07 bits per heavy atom. The Kier molecular flexibility index (Phi) is 8.35. The first-order valence-corrected chi connectivity index (χ1v) is 10.5. The molecule has 2 aromatic rings. The Morgan fingerprint density at radius 3 is 2.40 bits per heavy atom. The standard InChI is InChI=1S/C23H27NO5S/c1-5-28-17-9-6-16(7-10-17)8-13-21(26)29-15-19(25)20-12-11-18(30-20)14-24-22(27)23(2,3)4/h6-13H,5,14-15H2,1-4H3,(H,24,27)/b13-8+. The quantitative estimate of drug-likeness (QED) is 0.366. The minimum atomic E-state index is -0.591. The minimum Gasteiger partial charge on any atom is -0.494 e. The van der Waals surface area contributed by atoms with Gasteiger partial charge in [0.1, 0.15) is 5.75 Å². The summed E-state index contributed by atoms with van der Waals surface area (Å²) in [5, 5.41) is 2.84. The van der Waals surface area contributed by atoms with E-state index in [0.29, 0.717) is 18.0 Å². The monoisotopic (exact) mass is 429 g/mol. The molecule has 0 unspecified atom stereocenters. The topological polar surface area (TPSA) is 81.7 Å². The van der Waals surface area contributed by atoms with E-state index in [0.717, 1.165) is 16.2 Å². The van der Waals surface area contributed by atoms with E-state index in [9.17, 15) is 14.4 Å². The van der Waals surface area contributed by atoms with Crippen molar-refractivity contribution in [1.82, 2.24) is 5.32 Å². The molecule has 0 aliphatic carbocycles. The molecule has 160 valence electrons. The van der Waals surface area contributed by atoms with Crippen molar-refractivity contribution in [1.29, 1.82) is 0 Å². The summed E-state index contributed by atoms with van der Waals surface area (Å²) in [6.45, 7) is 8.04. The number of Topliss-reactive ketones (excluding diaryl/α,β-unsaturated/α-hetero) is 1. The van der Waals surface area contributed by atoms with E-state index in [2.05, 4.69) is 5.32 Å². The van der Waals surface area contributed by atoms with Crippen LogP contribution in [0.15, 0.2) is 42.5 Å². The molecule has 6 nitrogen and oxygen atoms in total. The molecule has 1 heterocycles. The minimum absolute atomic E-state index is 0.0583. The molecule has 0 spiro atoms. The smallest absolute Gasteiger partial charge is 0.331 e.